The van der Waals surface area contributed by atoms with Crippen LogP contribution in [0.3, 0.4) is 0 Å². The Morgan fingerprint density at radius 1 is 1.38 bits per heavy atom. The van der Waals surface area contributed by atoms with Gasteiger partial charge in [0.05, 0.1) is 16.6 Å². The van der Waals surface area contributed by atoms with Crippen LogP contribution < -0.4 is 0 Å². The Balaban J connectivity index is 2.60. The number of carbonyl (C=O) groups is 1. The number of nitrogens with zero attached hydrogens (tertiary/aromatic N) is 3. The van der Waals surface area contributed by atoms with Gasteiger partial charge in [-0.1, -0.05) is 26.0 Å². The summed E-state index contributed by atoms with van der Waals surface area (Å²) < 4.78 is 1.54. The van der Waals surface area contributed by atoms with Gasteiger partial charge < -0.3 is 5.11 Å². The zero-order valence-electron chi connectivity index (χ0n) is 11.7. The van der Waals surface area contributed by atoms with Crippen LogP contribution in [0, 0.1) is 11.3 Å². The van der Waals surface area contributed by atoms with E-state index in [-0.39, 0.29) is 11.6 Å². The summed E-state index contributed by atoms with van der Waals surface area (Å²) in [6.07, 6.45) is 0. The molecule has 0 saturated carbocycles. The van der Waals surface area contributed by atoms with E-state index in [1.807, 2.05) is 32.0 Å². The van der Waals surface area contributed by atoms with E-state index in [9.17, 15) is 15.2 Å². The molecule has 104 valence electrons. The third-order valence-corrected chi connectivity index (χ3v) is 3.56. The van der Waals surface area contributed by atoms with Crippen LogP contribution in [0.2, 0.25) is 0 Å². The maximum atomic E-state index is 11.6. The van der Waals surface area contributed by atoms with Crippen LogP contribution >= 0.6 is 0 Å². The van der Waals surface area contributed by atoms with Crippen LogP contribution in [0.25, 0.3) is 16.7 Å². The van der Waals surface area contributed by atoms with Gasteiger partial charge in [0.1, 0.15) is 11.8 Å². The highest BCUT2D eigenvalue weighted by Crippen LogP contribution is 2.28. The summed E-state index contributed by atoms with van der Waals surface area (Å²) in [4.78, 5) is 16.0. The summed E-state index contributed by atoms with van der Waals surface area (Å²) in [6, 6.07) is 11.0. The van der Waals surface area contributed by atoms with Gasteiger partial charge in [0.2, 0.25) is 0 Å². The number of rotatable bonds is 2. The fourth-order valence-corrected chi connectivity index (χ4v) is 2.58. The molecule has 0 aliphatic rings. The second-order valence-electron chi connectivity index (χ2n) is 5.19. The zero-order chi connectivity index (χ0) is 15.1. The van der Waals surface area contributed by atoms with E-state index in [1.165, 1.54) is 0 Å². The Morgan fingerprint density at radius 3 is 2.71 bits per heavy atom. The lowest BCUT2D eigenvalue weighted by molar-refractivity contribution is 0.0689. The first-order valence-corrected chi connectivity index (χ1v) is 6.62. The van der Waals surface area contributed by atoms with Crippen LogP contribution in [0.5, 0.6) is 0 Å². The number of hydrogen-bond acceptors (Lipinski definition) is 3. The van der Waals surface area contributed by atoms with E-state index in [4.69, 9.17) is 0 Å². The molecule has 0 atom stereocenters. The maximum Gasteiger partial charge on any atom is 0.352 e. The molecule has 0 unspecified atom stereocenters. The highest BCUT2D eigenvalue weighted by atomic mass is 16.4. The molecule has 0 fully saturated rings. The molecule has 0 spiro atoms. The highest BCUT2D eigenvalue weighted by molar-refractivity contribution is 5.92. The highest BCUT2D eigenvalue weighted by Gasteiger charge is 2.21. The molecule has 0 aliphatic heterocycles. The van der Waals surface area contributed by atoms with Crippen molar-refractivity contribution in [3.63, 3.8) is 0 Å². The smallest absolute Gasteiger partial charge is 0.352 e. The van der Waals surface area contributed by atoms with Gasteiger partial charge in [-0.05, 0) is 29.7 Å². The Kier molecular flexibility index (Phi) is 2.88. The van der Waals surface area contributed by atoms with E-state index >= 15 is 0 Å². The number of carboxylic acids is 1. The summed E-state index contributed by atoms with van der Waals surface area (Å²) in [5.74, 6) is -0.989. The lowest BCUT2D eigenvalue weighted by Gasteiger charge is -2.12. The van der Waals surface area contributed by atoms with Crippen molar-refractivity contribution >= 4 is 22.6 Å². The lowest BCUT2D eigenvalue weighted by atomic mass is 9.98. The van der Waals surface area contributed by atoms with Crippen molar-refractivity contribution in [2.45, 2.75) is 19.8 Å². The number of carboxylic acid groups (broad SMARTS) is 1. The van der Waals surface area contributed by atoms with Gasteiger partial charge >= 0.3 is 5.97 Å². The van der Waals surface area contributed by atoms with E-state index < -0.39 is 5.97 Å². The standard InChI is InChI=1S/C16H13N3O2/c1-9(2)10-7-14(16(20)21)19-13-6-4-3-5-12(13)18-15(19)11(10)8-17/h3-7,9H,1-2H3,(H,20,21). The molecule has 5 heteroatoms. The molecule has 3 aromatic rings. The maximum absolute atomic E-state index is 11.6. The molecule has 0 radical (unpaired) electrons. The molecule has 0 saturated heterocycles. The van der Waals surface area contributed by atoms with Gasteiger partial charge in [-0.25, -0.2) is 9.78 Å². The van der Waals surface area contributed by atoms with Crippen LogP contribution in [-0.2, 0) is 0 Å². The summed E-state index contributed by atoms with van der Waals surface area (Å²) >= 11 is 0. The van der Waals surface area contributed by atoms with Crippen molar-refractivity contribution in [3.05, 3.63) is 47.2 Å². The Bertz CT molecular complexity index is 917. The number of fused-ring (bicyclic) bond motifs is 3. The predicted molar refractivity (Wildman–Crippen MR) is 78.5 cm³/mol. The molecular formula is C16H13N3O2. The number of pyridine rings is 1. The first-order valence-electron chi connectivity index (χ1n) is 6.62. The normalized spacial score (nSPS) is 11.1. The van der Waals surface area contributed by atoms with Crippen LogP contribution in [-0.4, -0.2) is 20.5 Å². The van der Waals surface area contributed by atoms with Crippen molar-refractivity contribution in [1.82, 2.24) is 9.38 Å². The van der Waals surface area contributed by atoms with E-state index in [2.05, 4.69) is 11.1 Å². The summed E-state index contributed by atoms with van der Waals surface area (Å²) in [5, 5.41) is 19.0. The topological polar surface area (TPSA) is 78.4 Å². The largest absolute Gasteiger partial charge is 0.477 e. The van der Waals surface area contributed by atoms with E-state index in [0.717, 1.165) is 0 Å². The minimum atomic E-state index is -1.03. The van der Waals surface area contributed by atoms with E-state index in [0.29, 0.717) is 27.8 Å². The fourth-order valence-electron chi connectivity index (χ4n) is 2.58. The molecule has 2 aromatic heterocycles. The fraction of sp³-hybridized carbons (Fsp3) is 0.188. The second-order valence-corrected chi connectivity index (χ2v) is 5.19. The van der Waals surface area contributed by atoms with Crippen LogP contribution in [0.1, 0.15) is 41.4 Å². The van der Waals surface area contributed by atoms with Gasteiger partial charge in [-0.2, -0.15) is 5.26 Å². The van der Waals surface area contributed by atoms with Crippen molar-refractivity contribution in [1.29, 1.82) is 5.26 Å². The number of para-hydroxylation sites is 2. The number of nitriles is 1. The van der Waals surface area contributed by atoms with Gasteiger partial charge in [0, 0.05) is 0 Å². The number of imidazole rings is 1. The van der Waals surface area contributed by atoms with Crippen LogP contribution in [0.4, 0.5) is 0 Å². The predicted octanol–water partition coefficient (Wildman–Crippen LogP) is 3.18. The van der Waals surface area contributed by atoms with Gasteiger partial charge in [0.15, 0.2) is 5.65 Å². The van der Waals surface area contributed by atoms with Crippen molar-refractivity contribution in [3.8, 4) is 6.07 Å². The average molecular weight is 279 g/mol. The van der Waals surface area contributed by atoms with Crippen molar-refractivity contribution in [2.75, 3.05) is 0 Å². The summed E-state index contributed by atoms with van der Waals surface area (Å²) in [5.41, 5.74) is 3.04. The quantitative estimate of drug-likeness (QED) is 0.781. The third-order valence-electron chi connectivity index (χ3n) is 3.56. The van der Waals surface area contributed by atoms with Gasteiger partial charge in [0.25, 0.3) is 0 Å². The number of hydrogen-bond donors (Lipinski definition) is 1. The number of benzene rings is 1. The molecule has 2 heterocycles. The molecule has 21 heavy (non-hydrogen) atoms. The molecule has 0 amide bonds. The average Bonchev–Trinajstić information content (AvgIpc) is 2.84. The first kappa shape index (κ1) is 13.1. The third kappa shape index (κ3) is 1.84. The van der Waals surface area contributed by atoms with E-state index in [1.54, 1.807) is 16.5 Å². The summed E-state index contributed by atoms with van der Waals surface area (Å²) in [7, 11) is 0. The number of aromatic carboxylic acids is 1. The zero-order valence-corrected chi connectivity index (χ0v) is 11.7. The molecule has 1 N–H and O–H groups in total. The number of aromatic nitrogens is 2. The molecule has 1 aromatic carbocycles. The minimum Gasteiger partial charge on any atom is -0.477 e. The molecule has 3 rings (SSSR count). The monoisotopic (exact) mass is 279 g/mol. The van der Waals surface area contributed by atoms with Gasteiger partial charge in [-0.15, -0.1) is 0 Å². The molecule has 0 bridgehead atoms. The Labute approximate surface area is 121 Å². The first-order chi connectivity index (χ1) is 10.0. The van der Waals surface area contributed by atoms with Gasteiger partial charge in [-0.3, -0.25) is 4.40 Å². The second kappa shape index (κ2) is 4.60. The Hall–Kier alpha value is -2.87. The molecular weight excluding hydrogens is 266 g/mol. The minimum absolute atomic E-state index is 0.0440. The SMILES string of the molecule is CC(C)c1cc(C(=O)O)n2c(nc3ccccc32)c1C#N. The van der Waals surface area contributed by atoms with Crippen molar-refractivity contribution < 1.29 is 9.90 Å². The molecule has 5 nitrogen and oxygen atoms in total. The van der Waals surface area contributed by atoms with Crippen molar-refractivity contribution in [2.24, 2.45) is 0 Å². The summed E-state index contributed by atoms with van der Waals surface area (Å²) in [6.45, 7) is 3.86. The molecule has 0 aliphatic carbocycles. The lowest BCUT2D eigenvalue weighted by Crippen LogP contribution is -2.09. The Morgan fingerprint density at radius 2 is 2.10 bits per heavy atom. The van der Waals surface area contributed by atoms with Crippen LogP contribution in [0.15, 0.2) is 30.3 Å².